The molecule has 6 heteroatoms. The zero-order valence-electron chi connectivity index (χ0n) is 11.3. The number of Topliss-reactive ketones (excluding diaryl/α,β-unsaturated/α-hetero) is 1. The fraction of sp³-hybridized carbons (Fsp3) is 0.357. The number of likely N-dealkylation sites (N-methyl/N-ethyl adjacent to an activating group) is 1. The maximum absolute atomic E-state index is 11.9. The fourth-order valence-electron chi connectivity index (χ4n) is 2.08. The molecule has 20 heavy (non-hydrogen) atoms. The zero-order chi connectivity index (χ0) is 14.7. The van der Waals surface area contributed by atoms with Gasteiger partial charge >= 0.3 is 11.8 Å². The van der Waals surface area contributed by atoms with Gasteiger partial charge in [-0.25, -0.2) is 0 Å². The van der Waals surface area contributed by atoms with Crippen molar-refractivity contribution >= 4 is 23.3 Å². The molecule has 0 unspecified atom stereocenters. The third kappa shape index (κ3) is 2.70. The lowest BCUT2D eigenvalue weighted by molar-refractivity contribution is -0.145. The van der Waals surface area contributed by atoms with Crippen LogP contribution in [0.3, 0.4) is 0 Å². The smallest absolute Gasteiger partial charge is 0.316 e. The molecule has 1 aliphatic heterocycles. The topological polar surface area (TPSA) is 83.7 Å². The van der Waals surface area contributed by atoms with Gasteiger partial charge < -0.3 is 15.5 Å². The maximum atomic E-state index is 11.9. The van der Waals surface area contributed by atoms with Crippen LogP contribution in [0, 0.1) is 0 Å². The summed E-state index contributed by atoms with van der Waals surface area (Å²) in [7, 11) is 1.60. The summed E-state index contributed by atoms with van der Waals surface area (Å²) >= 11 is 0. The van der Waals surface area contributed by atoms with E-state index in [9.17, 15) is 14.4 Å². The van der Waals surface area contributed by atoms with Crippen LogP contribution in [-0.2, 0) is 9.59 Å². The van der Waals surface area contributed by atoms with Gasteiger partial charge in [0.1, 0.15) is 0 Å². The quantitative estimate of drug-likeness (QED) is 0.620. The van der Waals surface area contributed by atoms with E-state index in [1.165, 1.54) is 9.80 Å². The van der Waals surface area contributed by atoms with Crippen LogP contribution in [-0.4, -0.2) is 49.2 Å². The summed E-state index contributed by atoms with van der Waals surface area (Å²) in [5.74, 6) is -1.08. The highest BCUT2D eigenvalue weighted by Gasteiger charge is 2.31. The summed E-state index contributed by atoms with van der Waals surface area (Å²) in [4.78, 5) is 38.0. The van der Waals surface area contributed by atoms with E-state index in [1.54, 1.807) is 31.3 Å². The number of nitrogens with zero attached hydrogens (tertiary/aromatic N) is 2. The Bertz CT molecular complexity index is 539. The van der Waals surface area contributed by atoms with Crippen LogP contribution in [0.15, 0.2) is 24.3 Å². The Balaban J connectivity index is 2.16. The first-order valence-electron chi connectivity index (χ1n) is 6.45. The molecule has 6 nitrogen and oxygen atoms in total. The summed E-state index contributed by atoms with van der Waals surface area (Å²) in [5.41, 5.74) is 6.53. The van der Waals surface area contributed by atoms with Crippen molar-refractivity contribution < 1.29 is 14.4 Å². The second-order valence-corrected chi connectivity index (χ2v) is 4.69. The second kappa shape index (κ2) is 5.83. The van der Waals surface area contributed by atoms with Gasteiger partial charge in [-0.1, -0.05) is 0 Å². The molecular formula is C14H17N3O3. The first kappa shape index (κ1) is 14.2. The molecular weight excluding hydrogens is 258 g/mol. The Morgan fingerprint density at radius 3 is 2.40 bits per heavy atom. The van der Waals surface area contributed by atoms with Crippen LogP contribution in [0.5, 0.6) is 0 Å². The van der Waals surface area contributed by atoms with Crippen LogP contribution in [0.1, 0.15) is 16.8 Å². The predicted octanol–water partition coefficient (Wildman–Crippen LogP) is 0.0231. The first-order chi connectivity index (χ1) is 9.54. The van der Waals surface area contributed by atoms with Crippen molar-refractivity contribution in [3.8, 4) is 0 Å². The number of benzene rings is 1. The molecule has 1 fully saturated rings. The molecule has 0 saturated carbocycles. The summed E-state index contributed by atoms with van der Waals surface area (Å²) in [6.07, 6.45) is 0.297. The standard InChI is InChI=1S/C14H17N3O3/c1-16-8-9-17(14(20)13(16)19)11-4-2-10(3-5-11)12(18)6-7-15/h2-5H,6-9,15H2,1H3. The minimum absolute atomic E-state index is 0.0279. The molecule has 2 N–H and O–H groups in total. The average molecular weight is 275 g/mol. The SMILES string of the molecule is CN1CCN(c2ccc(C(=O)CCN)cc2)C(=O)C1=O. The first-order valence-corrected chi connectivity index (χ1v) is 6.45. The predicted molar refractivity (Wildman–Crippen MR) is 74.4 cm³/mol. The molecule has 2 rings (SSSR count). The van der Waals surface area contributed by atoms with E-state index in [0.717, 1.165) is 0 Å². The van der Waals surface area contributed by atoms with Gasteiger partial charge in [0.15, 0.2) is 5.78 Å². The van der Waals surface area contributed by atoms with Crippen molar-refractivity contribution in [2.24, 2.45) is 5.73 Å². The number of carbonyl (C=O) groups is 3. The number of rotatable bonds is 4. The van der Waals surface area contributed by atoms with E-state index in [4.69, 9.17) is 5.73 Å². The molecule has 1 aliphatic rings. The van der Waals surface area contributed by atoms with Crippen LogP contribution >= 0.6 is 0 Å². The maximum Gasteiger partial charge on any atom is 0.316 e. The van der Waals surface area contributed by atoms with E-state index in [0.29, 0.717) is 37.3 Å². The Kier molecular flexibility index (Phi) is 4.14. The Morgan fingerprint density at radius 1 is 1.15 bits per heavy atom. The molecule has 1 saturated heterocycles. The molecule has 0 spiro atoms. The molecule has 2 amide bonds. The second-order valence-electron chi connectivity index (χ2n) is 4.69. The van der Waals surface area contributed by atoms with Crippen molar-refractivity contribution in [2.45, 2.75) is 6.42 Å². The van der Waals surface area contributed by atoms with E-state index >= 15 is 0 Å². The number of carbonyl (C=O) groups excluding carboxylic acids is 3. The number of amides is 2. The largest absolute Gasteiger partial charge is 0.336 e. The molecule has 0 bridgehead atoms. The average Bonchev–Trinajstić information content (AvgIpc) is 2.45. The number of anilines is 1. The number of piperazine rings is 1. The van der Waals surface area contributed by atoms with Crippen molar-refractivity contribution in [1.82, 2.24) is 4.90 Å². The molecule has 0 radical (unpaired) electrons. The highest BCUT2D eigenvalue weighted by molar-refractivity contribution is 6.40. The van der Waals surface area contributed by atoms with E-state index in [-0.39, 0.29) is 5.78 Å². The van der Waals surface area contributed by atoms with Gasteiger partial charge in [0.2, 0.25) is 0 Å². The van der Waals surface area contributed by atoms with Crippen LogP contribution < -0.4 is 10.6 Å². The number of nitrogens with two attached hydrogens (primary N) is 1. The number of hydrogen-bond donors (Lipinski definition) is 1. The normalized spacial score (nSPS) is 15.7. The third-order valence-corrected chi connectivity index (χ3v) is 3.31. The fourth-order valence-corrected chi connectivity index (χ4v) is 2.08. The zero-order valence-corrected chi connectivity index (χ0v) is 11.3. The van der Waals surface area contributed by atoms with Crippen molar-refractivity contribution in [2.75, 3.05) is 31.6 Å². The lowest BCUT2D eigenvalue weighted by Gasteiger charge is -2.31. The Morgan fingerprint density at radius 2 is 1.80 bits per heavy atom. The summed E-state index contributed by atoms with van der Waals surface area (Å²) in [6, 6.07) is 6.67. The molecule has 0 aromatic heterocycles. The van der Waals surface area contributed by atoms with Crippen LogP contribution in [0.25, 0.3) is 0 Å². The third-order valence-electron chi connectivity index (χ3n) is 3.31. The van der Waals surface area contributed by atoms with Crippen molar-refractivity contribution in [3.63, 3.8) is 0 Å². The molecule has 106 valence electrons. The van der Waals surface area contributed by atoms with Gasteiger partial charge in [-0.15, -0.1) is 0 Å². The summed E-state index contributed by atoms with van der Waals surface area (Å²) in [6.45, 7) is 1.27. The number of hydrogen-bond acceptors (Lipinski definition) is 4. The van der Waals surface area contributed by atoms with E-state index in [2.05, 4.69) is 0 Å². The molecule has 1 aromatic rings. The van der Waals surface area contributed by atoms with E-state index in [1.807, 2.05) is 0 Å². The van der Waals surface area contributed by atoms with Gasteiger partial charge in [0.05, 0.1) is 0 Å². The highest BCUT2D eigenvalue weighted by atomic mass is 16.2. The lowest BCUT2D eigenvalue weighted by Crippen LogP contribution is -2.53. The molecule has 1 heterocycles. The monoisotopic (exact) mass is 275 g/mol. The van der Waals surface area contributed by atoms with Gasteiger partial charge in [-0.2, -0.15) is 0 Å². The number of ketones is 1. The Labute approximate surface area is 117 Å². The minimum atomic E-state index is -0.542. The lowest BCUT2D eigenvalue weighted by atomic mass is 10.1. The minimum Gasteiger partial charge on any atom is -0.336 e. The van der Waals surface area contributed by atoms with Crippen LogP contribution in [0.2, 0.25) is 0 Å². The van der Waals surface area contributed by atoms with Gasteiger partial charge in [0, 0.05) is 37.8 Å². The van der Waals surface area contributed by atoms with Crippen molar-refractivity contribution in [1.29, 1.82) is 0 Å². The molecule has 0 atom stereocenters. The van der Waals surface area contributed by atoms with Crippen molar-refractivity contribution in [3.05, 3.63) is 29.8 Å². The van der Waals surface area contributed by atoms with E-state index < -0.39 is 11.8 Å². The highest BCUT2D eigenvalue weighted by Crippen LogP contribution is 2.18. The Hall–Kier alpha value is -2.21. The van der Waals surface area contributed by atoms with Crippen LogP contribution in [0.4, 0.5) is 5.69 Å². The summed E-state index contributed by atoms with van der Waals surface area (Å²) < 4.78 is 0. The molecule has 1 aromatic carbocycles. The molecule has 0 aliphatic carbocycles. The van der Waals surface area contributed by atoms with Gasteiger partial charge in [-0.3, -0.25) is 14.4 Å². The van der Waals surface area contributed by atoms with Gasteiger partial charge in [-0.05, 0) is 30.8 Å². The summed E-state index contributed by atoms with van der Waals surface area (Å²) in [5, 5.41) is 0. The van der Waals surface area contributed by atoms with Gasteiger partial charge in [0.25, 0.3) is 0 Å².